The molecule has 1 atom stereocenters. The lowest BCUT2D eigenvalue weighted by molar-refractivity contribution is -0.116. The molecule has 1 aliphatic heterocycles. The van der Waals surface area contributed by atoms with Crippen LogP contribution in [-0.4, -0.2) is 45.5 Å². The van der Waals surface area contributed by atoms with Gasteiger partial charge in [-0.2, -0.15) is 0 Å². The highest BCUT2D eigenvalue weighted by atomic mass is 32.2. The van der Waals surface area contributed by atoms with E-state index in [-0.39, 0.29) is 17.2 Å². The minimum Gasteiger partial charge on any atom is -0.497 e. The lowest BCUT2D eigenvalue weighted by Gasteiger charge is -2.19. The quantitative estimate of drug-likeness (QED) is 0.667. The Morgan fingerprint density at radius 2 is 1.97 bits per heavy atom. The van der Waals surface area contributed by atoms with Crippen molar-refractivity contribution in [2.24, 2.45) is 0 Å². The van der Waals surface area contributed by atoms with E-state index in [1.165, 1.54) is 45.0 Å². The molecule has 0 radical (unpaired) electrons. The van der Waals surface area contributed by atoms with E-state index in [9.17, 15) is 18.0 Å². The van der Waals surface area contributed by atoms with E-state index in [0.717, 1.165) is 4.90 Å². The van der Waals surface area contributed by atoms with Crippen LogP contribution >= 0.6 is 11.8 Å². The van der Waals surface area contributed by atoms with Gasteiger partial charge in [-0.1, -0.05) is 0 Å². The van der Waals surface area contributed by atoms with Crippen LogP contribution in [0.4, 0.5) is 11.4 Å². The van der Waals surface area contributed by atoms with Crippen LogP contribution in [0, 0.1) is 0 Å². The third-order valence-corrected chi connectivity index (χ3v) is 7.81. The number of ether oxygens (including phenoxy) is 2. The van der Waals surface area contributed by atoms with Crippen molar-refractivity contribution < 1.29 is 27.5 Å². The number of amides is 2. The first kappa shape index (κ1) is 22.0. The minimum absolute atomic E-state index is 0.0615. The number of anilines is 2. The van der Waals surface area contributed by atoms with Gasteiger partial charge in [0.05, 0.1) is 41.5 Å². The van der Waals surface area contributed by atoms with Gasteiger partial charge >= 0.3 is 0 Å². The lowest BCUT2D eigenvalue weighted by Crippen LogP contribution is -2.25. The zero-order chi connectivity index (χ0) is 21.9. The van der Waals surface area contributed by atoms with Gasteiger partial charge in [-0.25, -0.2) is 8.42 Å². The summed E-state index contributed by atoms with van der Waals surface area (Å²) >= 11 is 1.35. The van der Waals surface area contributed by atoms with Crippen molar-refractivity contribution in [1.82, 2.24) is 0 Å². The van der Waals surface area contributed by atoms with Crippen LogP contribution in [0.2, 0.25) is 0 Å². The number of methoxy groups -OCH3 is 2. The van der Waals surface area contributed by atoms with Gasteiger partial charge in [0.1, 0.15) is 11.5 Å². The molecule has 3 rings (SSSR count). The first-order valence-corrected chi connectivity index (χ1v) is 11.6. The molecule has 2 amide bonds. The number of fused-ring (bicyclic) bond motifs is 1. The van der Waals surface area contributed by atoms with Gasteiger partial charge in [0, 0.05) is 17.4 Å². The van der Waals surface area contributed by atoms with E-state index >= 15 is 0 Å². The molecule has 1 heterocycles. The van der Waals surface area contributed by atoms with E-state index in [4.69, 9.17) is 9.47 Å². The number of thioether (sulfide) groups is 1. The topological polar surface area (TPSA) is 111 Å². The monoisotopic (exact) mass is 450 g/mol. The molecule has 0 saturated heterocycles. The molecule has 0 saturated carbocycles. The fourth-order valence-electron chi connectivity index (χ4n) is 2.95. The molecule has 2 aromatic rings. The zero-order valence-corrected chi connectivity index (χ0v) is 18.4. The Bertz CT molecular complexity index is 1080. The van der Waals surface area contributed by atoms with Crippen LogP contribution in [-0.2, 0) is 19.4 Å². The summed E-state index contributed by atoms with van der Waals surface area (Å²) < 4.78 is 36.3. The summed E-state index contributed by atoms with van der Waals surface area (Å²) in [4.78, 5) is 24.9. The van der Waals surface area contributed by atoms with Crippen molar-refractivity contribution in [3.05, 3.63) is 36.4 Å². The molecule has 0 bridgehead atoms. The largest absolute Gasteiger partial charge is 0.497 e. The SMILES string of the molecule is COc1ccc(NC(=O)C[C@@H](C)S(=O)(=O)c2ccc3c(c2)NC(=O)CS3)c(OC)c1. The van der Waals surface area contributed by atoms with E-state index in [0.29, 0.717) is 28.6 Å². The van der Waals surface area contributed by atoms with Crippen molar-refractivity contribution >= 4 is 44.8 Å². The van der Waals surface area contributed by atoms with Crippen LogP contribution in [0.3, 0.4) is 0 Å². The first-order chi connectivity index (χ1) is 14.2. The zero-order valence-electron chi connectivity index (χ0n) is 16.7. The number of benzene rings is 2. The standard InChI is InChI=1S/C20H22N2O6S2/c1-12(8-19(23)21-15-6-4-13(27-2)9-17(15)28-3)30(25,26)14-5-7-18-16(10-14)22-20(24)11-29-18/h4-7,9-10,12H,8,11H2,1-3H3,(H,21,23)(H,22,24)/t12-/m1/s1. The lowest BCUT2D eigenvalue weighted by atomic mass is 10.2. The van der Waals surface area contributed by atoms with Crippen molar-refractivity contribution in [3.63, 3.8) is 0 Å². The molecule has 0 spiro atoms. The third-order valence-electron chi connectivity index (χ3n) is 4.60. The number of hydrogen-bond acceptors (Lipinski definition) is 7. The summed E-state index contributed by atoms with van der Waals surface area (Å²) in [5, 5.41) is 4.39. The van der Waals surface area contributed by atoms with E-state index in [1.807, 2.05) is 0 Å². The Hall–Kier alpha value is -2.72. The fourth-order valence-corrected chi connectivity index (χ4v) is 5.11. The average Bonchev–Trinajstić information content (AvgIpc) is 2.73. The first-order valence-electron chi connectivity index (χ1n) is 9.07. The Labute approximate surface area is 179 Å². The Morgan fingerprint density at radius 3 is 2.67 bits per heavy atom. The molecule has 0 fully saturated rings. The average molecular weight is 451 g/mol. The minimum atomic E-state index is -3.78. The van der Waals surface area contributed by atoms with Crippen molar-refractivity contribution in [1.29, 1.82) is 0 Å². The van der Waals surface area contributed by atoms with Crippen molar-refractivity contribution in [2.45, 2.75) is 28.4 Å². The summed E-state index contributed by atoms with van der Waals surface area (Å²) in [5.41, 5.74) is 0.887. The molecular weight excluding hydrogens is 428 g/mol. The maximum Gasteiger partial charge on any atom is 0.234 e. The van der Waals surface area contributed by atoms with Crippen LogP contribution in [0.25, 0.3) is 0 Å². The maximum atomic E-state index is 13.0. The molecule has 0 aromatic heterocycles. The highest BCUT2D eigenvalue weighted by molar-refractivity contribution is 8.00. The van der Waals surface area contributed by atoms with E-state index < -0.39 is 21.0 Å². The van der Waals surface area contributed by atoms with Crippen LogP contribution in [0.1, 0.15) is 13.3 Å². The van der Waals surface area contributed by atoms with Gasteiger partial charge in [-0.05, 0) is 37.3 Å². The second-order valence-electron chi connectivity index (χ2n) is 6.67. The number of sulfone groups is 1. The highest BCUT2D eigenvalue weighted by Gasteiger charge is 2.28. The molecule has 0 unspecified atom stereocenters. The van der Waals surface area contributed by atoms with Gasteiger partial charge < -0.3 is 20.1 Å². The van der Waals surface area contributed by atoms with E-state index in [2.05, 4.69) is 10.6 Å². The molecule has 0 aliphatic carbocycles. The summed E-state index contributed by atoms with van der Waals surface area (Å²) in [7, 11) is -0.795. The molecular formula is C20H22N2O6S2. The smallest absolute Gasteiger partial charge is 0.234 e. The molecule has 2 aromatic carbocycles. The highest BCUT2D eigenvalue weighted by Crippen LogP contribution is 2.34. The maximum absolute atomic E-state index is 13.0. The fraction of sp³-hybridized carbons (Fsp3) is 0.300. The van der Waals surface area contributed by atoms with Gasteiger partial charge in [0.2, 0.25) is 11.8 Å². The Balaban J connectivity index is 1.73. The van der Waals surface area contributed by atoms with Gasteiger partial charge in [-0.15, -0.1) is 11.8 Å². The molecule has 30 heavy (non-hydrogen) atoms. The predicted molar refractivity (Wildman–Crippen MR) is 115 cm³/mol. The third kappa shape index (κ3) is 4.71. The number of hydrogen-bond donors (Lipinski definition) is 2. The van der Waals surface area contributed by atoms with Gasteiger partial charge in [0.15, 0.2) is 9.84 Å². The van der Waals surface area contributed by atoms with Gasteiger partial charge in [0.25, 0.3) is 0 Å². The molecule has 2 N–H and O–H groups in total. The van der Waals surface area contributed by atoms with Crippen molar-refractivity contribution in [3.8, 4) is 11.5 Å². The number of nitrogens with one attached hydrogen (secondary N) is 2. The summed E-state index contributed by atoms with van der Waals surface area (Å²) in [6.45, 7) is 1.48. The van der Waals surface area contributed by atoms with E-state index in [1.54, 1.807) is 24.3 Å². The normalized spacial score (nSPS) is 14.3. The summed E-state index contributed by atoms with van der Waals surface area (Å²) in [6, 6.07) is 9.52. The Morgan fingerprint density at radius 1 is 1.20 bits per heavy atom. The molecule has 1 aliphatic rings. The second kappa shape index (κ2) is 8.97. The number of carbonyl (C=O) groups is 2. The number of rotatable bonds is 7. The Kier molecular flexibility index (Phi) is 6.57. The molecule has 160 valence electrons. The van der Waals surface area contributed by atoms with Crippen LogP contribution in [0.5, 0.6) is 11.5 Å². The number of carbonyl (C=O) groups excluding carboxylic acids is 2. The van der Waals surface area contributed by atoms with Crippen molar-refractivity contribution in [2.75, 3.05) is 30.6 Å². The second-order valence-corrected chi connectivity index (χ2v) is 10.1. The predicted octanol–water partition coefficient (Wildman–Crippen LogP) is 2.94. The van der Waals surface area contributed by atoms with Gasteiger partial charge in [-0.3, -0.25) is 9.59 Å². The summed E-state index contributed by atoms with van der Waals surface area (Å²) in [5.74, 6) is 0.628. The summed E-state index contributed by atoms with van der Waals surface area (Å²) in [6.07, 6.45) is -0.240. The molecule has 10 heteroatoms. The van der Waals surface area contributed by atoms with Crippen LogP contribution in [0.15, 0.2) is 46.2 Å². The molecule has 8 nitrogen and oxygen atoms in total. The van der Waals surface area contributed by atoms with Crippen LogP contribution < -0.4 is 20.1 Å².